The number of imidazole rings is 2. The first kappa shape index (κ1) is 11.4. The Morgan fingerprint density at radius 2 is 1.24 bits per heavy atom. The van der Waals surface area contributed by atoms with Crippen molar-refractivity contribution >= 4 is 11.6 Å². The number of carbonyl (C=O) groups is 2. The molecule has 0 saturated carbocycles. The number of fused-ring (bicyclic) bond motifs is 6. The second-order valence-electron chi connectivity index (χ2n) is 5.97. The van der Waals surface area contributed by atoms with Crippen LogP contribution in [0, 0.1) is 0 Å². The van der Waals surface area contributed by atoms with Crippen molar-refractivity contribution in [1.29, 1.82) is 0 Å². The first-order chi connectivity index (χ1) is 10.3. The molecule has 106 valence electrons. The highest BCUT2D eigenvalue weighted by Crippen LogP contribution is 2.32. The van der Waals surface area contributed by atoms with Gasteiger partial charge in [-0.2, -0.15) is 0 Å². The molecule has 3 aliphatic rings. The Labute approximate surface area is 120 Å². The SMILES string of the molecule is O=C1c2nc3n(c2C(=O)c2nc4n(c21)CCCC4)CCC3. The standard InChI is InChI=1S/C15H14N4O2/c20-14-11-13(19-7-3-5-9(19)17-11)15(21)10-12(14)18-6-2-1-4-8(18)16-10/h1-7H2. The molecule has 0 bridgehead atoms. The van der Waals surface area contributed by atoms with Gasteiger partial charge in [0.25, 0.3) is 0 Å². The topological polar surface area (TPSA) is 69.8 Å². The van der Waals surface area contributed by atoms with Gasteiger partial charge in [-0.05, 0) is 19.3 Å². The van der Waals surface area contributed by atoms with E-state index in [4.69, 9.17) is 0 Å². The maximum Gasteiger partial charge on any atom is 0.232 e. The fourth-order valence-electron chi connectivity index (χ4n) is 3.81. The summed E-state index contributed by atoms with van der Waals surface area (Å²) in [5.41, 5.74) is 1.63. The molecule has 6 heteroatoms. The summed E-state index contributed by atoms with van der Waals surface area (Å²) in [6.45, 7) is 1.55. The maximum atomic E-state index is 12.8. The van der Waals surface area contributed by atoms with Crippen LogP contribution in [0.5, 0.6) is 0 Å². The van der Waals surface area contributed by atoms with E-state index in [0.717, 1.165) is 56.8 Å². The molecule has 21 heavy (non-hydrogen) atoms. The lowest BCUT2D eigenvalue weighted by Gasteiger charge is -2.17. The van der Waals surface area contributed by atoms with Crippen LogP contribution in [0.4, 0.5) is 0 Å². The highest BCUT2D eigenvalue weighted by molar-refractivity contribution is 6.26. The monoisotopic (exact) mass is 282 g/mol. The lowest BCUT2D eigenvalue weighted by molar-refractivity contribution is 0.0962. The molecular formula is C15H14N4O2. The van der Waals surface area contributed by atoms with Gasteiger partial charge in [-0.25, -0.2) is 9.97 Å². The quantitative estimate of drug-likeness (QED) is 0.620. The van der Waals surface area contributed by atoms with E-state index in [9.17, 15) is 9.59 Å². The fraction of sp³-hybridized carbons (Fsp3) is 0.467. The molecule has 0 saturated heterocycles. The van der Waals surface area contributed by atoms with Crippen molar-refractivity contribution in [2.24, 2.45) is 0 Å². The number of nitrogens with zero attached hydrogens (tertiary/aromatic N) is 4. The molecule has 0 N–H and O–H groups in total. The highest BCUT2D eigenvalue weighted by atomic mass is 16.1. The average molecular weight is 282 g/mol. The number of ketones is 2. The number of aromatic nitrogens is 4. The van der Waals surface area contributed by atoms with Crippen LogP contribution in [0.15, 0.2) is 0 Å². The molecule has 1 aliphatic carbocycles. The van der Waals surface area contributed by atoms with Crippen molar-refractivity contribution < 1.29 is 9.59 Å². The van der Waals surface area contributed by atoms with Crippen LogP contribution in [0.2, 0.25) is 0 Å². The Morgan fingerprint density at radius 1 is 0.714 bits per heavy atom. The molecule has 2 aliphatic heterocycles. The molecule has 0 spiro atoms. The minimum Gasteiger partial charge on any atom is -0.325 e. The predicted octanol–water partition coefficient (Wildman–Crippen LogP) is 1.14. The fourth-order valence-corrected chi connectivity index (χ4v) is 3.81. The third-order valence-electron chi connectivity index (χ3n) is 4.77. The molecule has 0 aromatic carbocycles. The van der Waals surface area contributed by atoms with Crippen LogP contribution in [0.1, 0.15) is 63.3 Å². The first-order valence-corrected chi connectivity index (χ1v) is 7.54. The van der Waals surface area contributed by atoms with E-state index in [1.807, 2.05) is 9.13 Å². The summed E-state index contributed by atoms with van der Waals surface area (Å²) in [4.78, 5) is 34.5. The van der Waals surface area contributed by atoms with Gasteiger partial charge in [-0.15, -0.1) is 0 Å². The van der Waals surface area contributed by atoms with Crippen molar-refractivity contribution in [3.05, 3.63) is 34.4 Å². The summed E-state index contributed by atoms with van der Waals surface area (Å²) in [7, 11) is 0. The van der Waals surface area contributed by atoms with Crippen molar-refractivity contribution in [3.63, 3.8) is 0 Å². The Hall–Kier alpha value is -2.24. The van der Waals surface area contributed by atoms with Gasteiger partial charge < -0.3 is 9.13 Å². The minimum atomic E-state index is -0.123. The maximum absolute atomic E-state index is 12.8. The molecule has 0 unspecified atom stereocenters. The summed E-state index contributed by atoms with van der Waals surface area (Å²) < 4.78 is 3.85. The summed E-state index contributed by atoms with van der Waals surface area (Å²) >= 11 is 0. The minimum absolute atomic E-state index is 0.123. The Kier molecular flexibility index (Phi) is 2.01. The molecule has 5 rings (SSSR count). The summed E-state index contributed by atoms with van der Waals surface area (Å²) in [5.74, 6) is 1.50. The second kappa shape index (κ2) is 3.69. The van der Waals surface area contributed by atoms with Crippen molar-refractivity contribution in [2.75, 3.05) is 0 Å². The van der Waals surface area contributed by atoms with E-state index in [-0.39, 0.29) is 11.6 Å². The van der Waals surface area contributed by atoms with E-state index < -0.39 is 0 Å². The molecule has 0 amide bonds. The molecule has 4 heterocycles. The lowest BCUT2D eigenvalue weighted by Crippen LogP contribution is -2.26. The van der Waals surface area contributed by atoms with Crippen molar-refractivity contribution in [1.82, 2.24) is 19.1 Å². The normalized spacial score (nSPS) is 19.2. The molecule has 2 aromatic rings. The zero-order valence-electron chi connectivity index (χ0n) is 11.6. The Balaban J connectivity index is 1.78. The molecular weight excluding hydrogens is 268 g/mol. The number of rotatable bonds is 0. The van der Waals surface area contributed by atoms with E-state index in [1.54, 1.807) is 0 Å². The summed E-state index contributed by atoms with van der Waals surface area (Å²) in [5, 5.41) is 0. The van der Waals surface area contributed by atoms with Gasteiger partial charge >= 0.3 is 0 Å². The van der Waals surface area contributed by atoms with Crippen LogP contribution in [0.25, 0.3) is 0 Å². The lowest BCUT2D eigenvalue weighted by atomic mass is 9.98. The van der Waals surface area contributed by atoms with Gasteiger partial charge in [0.05, 0.1) is 0 Å². The number of hydrogen-bond donors (Lipinski definition) is 0. The number of aryl methyl sites for hydroxylation is 2. The van der Waals surface area contributed by atoms with E-state index in [2.05, 4.69) is 9.97 Å². The highest BCUT2D eigenvalue weighted by Gasteiger charge is 2.41. The second-order valence-corrected chi connectivity index (χ2v) is 5.97. The predicted molar refractivity (Wildman–Crippen MR) is 72.6 cm³/mol. The van der Waals surface area contributed by atoms with E-state index in [0.29, 0.717) is 22.8 Å². The summed E-state index contributed by atoms with van der Waals surface area (Å²) in [6.07, 6.45) is 4.78. The Bertz CT molecular complexity index is 825. The zero-order chi connectivity index (χ0) is 14.1. The number of hydrogen-bond acceptors (Lipinski definition) is 4. The third-order valence-corrected chi connectivity index (χ3v) is 4.77. The molecule has 0 atom stereocenters. The molecule has 0 fully saturated rings. The number of carbonyl (C=O) groups excluding carboxylic acids is 2. The van der Waals surface area contributed by atoms with Gasteiger partial charge in [0.15, 0.2) is 0 Å². The van der Waals surface area contributed by atoms with Gasteiger partial charge in [-0.1, -0.05) is 0 Å². The van der Waals surface area contributed by atoms with Crippen LogP contribution in [-0.2, 0) is 25.9 Å². The summed E-state index contributed by atoms with van der Waals surface area (Å²) in [6, 6.07) is 0. The van der Waals surface area contributed by atoms with Gasteiger partial charge in [0.2, 0.25) is 11.6 Å². The van der Waals surface area contributed by atoms with E-state index >= 15 is 0 Å². The Morgan fingerprint density at radius 3 is 1.86 bits per heavy atom. The zero-order valence-corrected chi connectivity index (χ0v) is 11.6. The van der Waals surface area contributed by atoms with Crippen LogP contribution >= 0.6 is 0 Å². The third kappa shape index (κ3) is 1.28. The van der Waals surface area contributed by atoms with Crippen molar-refractivity contribution in [3.8, 4) is 0 Å². The van der Waals surface area contributed by atoms with Crippen molar-refractivity contribution in [2.45, 2.75) is 45.2 Å². The van der Waals surface area contributed by atoms with E-state index in [1.165, 1.54) is 0 Å². The van der Waals surface area contributed by atoms with Gasteiger partial charge in [0.1, 0.15) is 34.4 Å². The largest absolute Gasteiger partial charge is 0.325 e. The van der Waals surface area contributed by atoms with Crippen LogP contribution < -0.4 is 0 Å². The van der Waals surface area contributed by atoms with Crippen LogP contribution in [-0.4, -0.2) is 30.7 Å². The molecule has 6 nitrogen and oxygen atoms in total. The molecule has 0 radical (unpaired) electrons. The van der Waals surface area contributed by atoms with Gasteiger partial charge in [-0.3, -0.25) is 9.59 Å². The smallest absolute Gasteiger partial charge is 0.232 e. The average Bonchev–Trinajstić information content (AvgIpc) is 3.16. The molecule has 2 aromatic heterocycles. The van der Waals surface area contributed by atoms with Gasteiger partial charge in [0, 0.05) is 25.9 Å². The first-order valence-electron chi connectivity index (χ1n) is 7.54. The van der Waals surface area contributed by atoms with Crippen LogP contribution in [0.3, 0.4) is 0 Å².